The molecule has 1 aliphatic carbocycles. The number of nitrogens with one attached hydrogen (secondary N) is 1. The van der Waals surface area contributed by atoms with Crippen molar-refractivity contribution >= 4 is 11.6 Å². The van der Waals surface area contributed by atoms with E-state index in [-0.39, 0.29) is 10.8 Å². The standard InChI is InChI=1S/C16H15ClFN/c17-15-6-5-11(7-16(15)18)10-19-14-8-12-3-1-2-4-13(12)9-14/h1-7,14,19H,8-10H2. The molecule has 0 spiro atoms. The summed E-state index contributed by atoms with van der Waals surface area (Å²) in [6.45, 7) is 0.673. The molecule has 0 aromatic heterocycles. The Morgan fingerprint density at radius 3 is 2.42 bits per heavy atom. The van der Waals surface area contributed by atoms with E-state index in [1.54, 1.807) is 6.07 Å². The monoisotopic (exact) mass is 275 g/mol. The van der Waals surface area contributed by atoms with E-state index in [1.165, 1.54) is 17.2 Å². The Kier molecular flexibility index (Phi) is 3.54. The molecule has 0 saturated carbocycles. The topological polar surface area (TPSA) is 12.0 Å². The van der Waals surface area contributed by atoms with Crippen LogP contribution in [-0.2, 0) is 19.4 Å². The minimum Gasteiger partial charge on any atom is -0.309 e. The van der Waals surface area contributed by atoms with Crippen molar-refractivity contribution in [3.63, 3.8) is 0 Å². The fourth-order valence-corrected chi connectivity index (χ4v) is 2.73. The Labute approximate surface area is 117 Å². The van der Waals surface area contributed by atoms with Crippen molar-refractivity contribution in [2.45, 2.75) is 25.4 Å². The van der Waals surface area contributed by atoms with Crippen LogP contribution in [0.2, 0.25) is 5.02 Å². The third-order valence-electron chi connectivity index (χ3n) is 3.63. The maximum atomic E-state index is 13.3. The molecule has 2 aromatic rings. The number of fused-ring (bicyclic) bond motifs is 1. The van der Waals surface area contributed by atoms with E-state index < -0.39 is 0 Å². The first-order chi connectivity index (χ1) is 9.22. The molecule has 0 amide bonds. The van der Waals surface area contributed by atoms with E-state index in [1.807, 2.05) is 6.07 Å². The third kappa shape index (κ3) is 2.80. The molecule has 0 atom stereocenters. The lowest BCUT2D eigenvalue weighted by Gasteiger charge is -2.12. The highest BCUT2D eigenvalue weighted by atomic mass is 35.5. The molecule has 0 aliphatic heterocycles. The minimum absolute atomic E-state index is 0.178. The Morgan fingerprint density at radius 1 is 1.11 bits per heavy atom. The van der Waals surface area contributed by atoms with Gasteiger partial charge >= 0.3 is 0 Å². The van der Waals surface area contributed by atoms with Gasteiger partial charge in [0.25, 0.3) is 0 Å². The summed E-state index contributed by atoms with van der Waals surface area (Å²) in [5.41, 5.74) is 3.77. The van der Waals surface area contributed by atoms with Crippen LogP contribution in [0.3, 0.4) is 0 Å². The Morgan fingerprint density at radius 2 is 1.79 bits per heavy atom. The van der Waals surface area contributed by atoms with Crippen LogP contribution in [0.1, 0.15) is 16.7 Å². The lowest BCUT2D eigenvalue weighted by atomic mass is 10.1. The van der Waals surface area contributed by atoms with Gasteiger partial charge in [-0.25, -0.2) is 4.39 Å². The van der Waals surface area contributed by atoms with Gasteiger partial charge in [0.05, 0.1) is 5.02 Å². The lowest BCUT2D eigenvalue weighted by Crippen LogP contribution is -2.28. The summed E-state index contributed by atoms with van der Waals surface area (Å²) in [5, 5.41) is 3.66. The quantitative estimate of drug-likeness (QED) is 0.900. The van der Waals surface area contributed by atoms with Crippen molar-refractivity contribution in [1.29, 1.82) is 0 Å². The van der Waals surface area contributed by atoms with Crippen LogP contribution in [0.5, 0.6) is 0 Å². The van der Waals surface area contributed by atoms with Gasteiger partial charge in [-0.2, -0.15) is 0 Å². The van der Waals surface area contributed by atoms with Crippen molar-refractivity contribution in [2.24, 2.45) is 0 Å². The first-order valence-corrected chi connectivity index (χ1v) is 6.84. The summed E-state index contributed by atoms with van der Waals surface area (Å²) in [6, 6.07) is 13.9. The number of rotatable bonds is 3. The van der Waals surface area contributed by atoms with Gasteiger partial charge in [0.15, 0.2) is 0 Å². The molecule has 3 heteroatoms. The number of hydrogen-bond acceptors (Lipinski definition) is 1. The molecule has 0 radical (unpaired) electrons. The van der Waals surface area contributed by atoms with E-state index in [9.17, 15) is 4.39 Å². The van der Waals surface area contributed by atoms with Gasteiger partial charge in [0.2, 0.25) is 0 Å². The van der Waals surface area contributed by atoms with Gasteiger partial charge in [-0.15, -0.1) is 0 Å². The summed E-state index contributed by atoms with van der Waals surface area (Å²) < 4.78 is 13.3. The fourth-order valence-electron chi connectivity index (χ4n) is 2.61. The summed E-state index contributed by atoms with van der Waals surface area (Å²) in [4.78, 5) is 0. The summed E-state index contributed by atoms with van der Waals surface area (Å²) in [6.07, 6.45) is 2.10. The lowest BCUT2D eigenvalue weighted by molar-refractivity contribution is 0.530. The van der Waals surface area contributed by atoms with Crippen molar-refractivity contribution in [1.82, 2.24) is 5.32 Å². The minimum atomic E-state index is -0.351. The van der Waals surface area contributed by atoms with Crippen molar-refractivity contribution in [2.75, 3.05) is 0 Å². The van der Waals surface area contributed by atoms with Crippen molar-refractivity contribution in [3.8, 4) is 0 Å². The van der Waals surface area contributed by atoms with Crippen LogP contribution in [0.4, 0.5) is 4.39 Å². The van der Waals surface area contributed by atoms with Crippen LogP contribution in [-0.4, -0.2) is 6.04 Å². The predicted octanol–water partition coefficient (Wildman–Crippen LogP) is 3.74. The highest BCUT2D eigenvalue weighted by Crippen LogP contribution is 2.22. The molecule has 0 fully saturated rings. The molecule has 3 rings (SSSR count). The van der Waals surface area contributed by atoms with Gasteiger partial charge in [0, 0.05) is 12.6 Å². The smallest absolute Gasteiger partial charge is 0.142 e. The average molecular weight is 276 g/mol. The van der Waals surface area contributed by atoms with Crippen LogP contribution in [0.15, 0.2) is 42.5 Å². The zero-order valence-corrected chi connectivity index (χ0v) is 11.3. The molecule has 0 saturated heterocycles. The maximum absolute atomic E-state index is 13.3. The highest BCUT2D eigenvalue weighted by Gasteiger charge is 2.20. The first-order valence-electron chi connectivity index (χ1n) is 6.46. The van der Waals surface area contributed by atoms with Crippen LogP contribution >= 0.6 is 11.6 Å². The molecule has 1 nitrogen and oxygen atoms in total. The largest absolute Gasteiger partial charge is 0.309 e. The zero-order chi connectivity index (χ0) is 13.2. The Bertz CT molecular complexity index is 572. The Balaban J connectivity index is 1.61. The normalized spacial score (nSPS) is 14.6. The molecular weight excluding hydrogens is 261 g/mol. The average Bonchev–Trinajstić information content (AvgIpc) is 2.83. The first kappa shape index (κ1) is 12.6. The third-order valence-corrected chi connectivity index (χ3v) is 3.94. The van der Waals surface area contributed by atoms with Crippen molar-refractivity contribution in [3.05, 3.63) is 70.0 Å². The molecule has 0 bridgehead atoms. The van der Waals surface area contributed by atoms with Gasteiger partial charge in [-0.1, -0.05) is 41.9 Å². The van der Waals surface area contributed by atoms with Gasteiger partial charge in [-0.3, -0.25) is 0 Å². The van der Waals surface area contributed by atoms with Crippen LogP contribution < -0.4 is 5.32 Å². The fraction of sp³-hybridized carbons (Fsp3) is 0.250. The maximum Gasteiger partial charge on any atom is 0.142 e. The van der Waals surface area contributed by atoms with Crippen LogP contribution in [0, 0.1) is 5.82 Å². The van der Waals surface area contributed by atoms with Crippen LogP contribution in [0.25, 0.3) is 0 Å². The molecule has 1 N–H and O–H groups in total. The molecule has 2 aromatic carbocycles. The predicted molar refractivity (Wildman–Crippen MR) is 75.9 cm³/mol. The molecule has 19 heavy (non-hydrogen) atoms. The van der Waals surface area contributed by atoms with Gasteiger partial charge in [-0.05, 0) is 41.7 Å². The van der Waals surface area contributed by atoms with Gasteiger partial charge in [0.1, 0.15) is 5.82 Å². The highest BCUT2D eigenvalue weighted by molar-refractivity contribution is 6.30. The van der Waals surface area contributed by atoms with E-state index in [0.29, 0.717) is 12.6 Å². The SMILES string of the molecule is Fc1cc(CNC2Cc3ccccc3C2)ccc1Cl. The van der Waals surface area contributed by atoms with E-state index in [2.05, 4.69) is 29.6 Å². The molecule has 0 heterocycles. The van der Waals surface area contributed by atoms with E-state index in [4.69, 9.17) is 11.6 Å². The number of benzene rings is 2. The molecular formula is C16H15ClFN. The molecule has 0 unspecified atom stereocenters. The van der Waals surface area contributed by atoms with Gasteiger partial charge < -0.3 is 5.32 Å². The second-order valence-electron chi connectivity index (χ2n) is 5.00. The summed E-state index contributed by atoms with van der Waals surface area (Å²) in [5.74, 6) is -0.351. The Hall–Kier alpha value is -1.38. The molecule has 98 valence electrons. The second kappa shape index (κ2) is 5.32. The second-order valence-corrected chi connectivity index (χ2v) is 5.41. The number of halogens is 2. The van der Waals surface area contributed by atoms with Crippen molar-refractivity contribution < 1.29 is 4.39 Å². The summed E-state index contributed by atoms with van der Waals surface area (Å²) >= 11 is 5.67. The number of hydrogen-bond donors (Lipinski definition) is 1. The zero-order valence-electron chi connectivity index (χ0n) is 10.5. The van der Waals surface area contributed by atoms with E-state index in [0.717, 1.165) is 18.4 Å². The van der Waals surface area contributed by atoms with E-state index >= 15 is 0 Å². The summed E-state index contributed by atoms with van der Waals surface area (Å²) in [7, 11) is 0. The molecule has 1 aliphatic rings.